The lowest BCUT2D eigenvalue weighted by Gasteiger charge is -2.12. The number of allylic oxidation sites excluding steroid dienone is 8. The van der Waals surface area contributed by atoms with Crippen LogP contribution in [0.5, 0.6) is 0 Å². The van der Waals surface area contributed by atoms with Crippen LogP contribution in [0.15, 0.2) is 136 Å². The van der Waals surface area contributed by atoms with Crippen molar-refractivity contribution in [2.24, 2.45) is 0 Å². The van der Waals surface area contributed by atoms with Gasteiger partial charge in [0.05, 0.1) is 0 Å². The minimum absolute atomic E-state index is 0.602. The molecule has 10 rings (SSSR count). The van der Waals surface area contributed by atoms with Crippen LogP contribution in [0, 0.1) is 0 Å². The first-order chi connectivity index (χ1) is 23.8. The molecular weight excluding hydrogens is 590 g/mol. The van der Waals surface area contributed by atoms with E-state index in [0.717, 1.165) is 91.6 Å². The molecule has 0 unspecified atom stereocenters. The predicted molar refractivity (Wildman–Crippen MR) is 195 cm³/mol. The number of fused-ring (bicyclic) bond motifs is 8. The largest absolute Gasteiger partial charge is 0.456 e. The standard InChI is InChI=1S/C43H29N3O2/c1-3-12-26(13-4-1)34-25-35-39-33(19-11-21-37(39)48-40(35)32-18-8-7-16-29(32)34)43-45-41(27-14-5-2-6-15-27)44-42(46-43)28-22-23-31-30-17-9-10-20-36(30)47-38(31)24-28/h3,5,7-25H,1-2,4,6H2. The Morgan fingerprint density at radius 2 is 1.17 bits per heavy atom. The molecule has 0 radical (unpaired) electrons. The summed E-state index contributed by atoms with van der Waals surface area (Å²) in [4.78, 5) is 15.3. The molecule has 0 N–H and O–H groups in total. The van der Waals surface area contributed by atoms with E-state index in [9.17, 15) is 0 Å². The van der Waals surface area contributed by atoms with Crippen LogP contribution in [0.25, 0.3) is 88.6 Å². The molecule has 0 amide bonds. The van der Waals surface area contributed by atoms with Gasteiger partial charge in [0, 0.05) is 43.6 Å². The molecule has 2 aliphatic carbocycles. The highest BCUT2D eigenvalue weighted by molar-refractivity contribution is 6.21. The van der Waals surface area contributed by atoms with Gasteiger partial charge in [0.1, 0.15) is 22.3 Å². The average molecular weight is 620 g/mol. The second-order valence-electron chi connectivity index (χ2n) is 12.5. The smallest absolute Gasteiger partial charge is 0.164 e. The van der Waals surface area contributed by atoms with Crippen molar-refractivity contribution in [2.45, 2.75) is 25.7 Å². The summed E-state index contributed by atoms with van der Waals surface area (Å²) >= 11 is 0. The summed E-state index contributed by atoms with van der Waals surface area (Å²) in [7, 11) is 0. The molecule has 3 heterocycles. The highest BCUT2D eigenvalue weighted by atomic mass is 16.3. The zero-order chi connectivity index (χ0) is 31.6. The Morgan fingerprint density at radius 3 is 2.00 bits per heavy atom. The molecule has 0 spiro atoms. The van der Waals surface area contributed by atoms with Crippen molar-refractivity contribution in [3.8, 4) is 22.8 Å². The summed E-state index contributed by atoms with van der Waals surface area (Å²) in [5, 5.41) is 6.51. The van der Waals surface area contributed by atoms with Crippen molar-refractivity contribution in [3.05, 3.63) is 139 Å². The lowest BCUT2D eigenvalue weighted by molar-refractivity contribution is 0.669. The van der Waals surface area contributed by atoms with Crippen LogP contribution in [-0.2, 0) is 0 Å². The SMILES string of the molecule is C1=CC(c2nc(-c3ccc4c(c3)oc3ccccc34)nc(-c3cccc4oc5c6ccccc6c(C6=CCCC=C6)cc5c34)n2)=CCC1. The van der Waals surface area contributed by atoms with Crippen LogP contribution >= 0.6 is 0 Å². The van der Waals surface area contributed by atoms with Crippen LogP contribution in [0.1, 0.15) is 37.1 Å². The van der Waals surface area contributed by atoms with Crippen molar-refractivity contribution in [2.75, 3.05) is 0 Å². The molecular formula is C43H29N3O2. The molecule has 2 aliphatic rings. The fourth-order valence-corrected chi connectivity index (χ4v) is 7.29. The number of hydrogen-bond donors (Lipinski definition) is 0. The molecule has 0 aliphatic heterocycles. The second-order valence-corrected chi connectivity index (χ2v) is 12.5. The van der Waals surface area contributed by atoms with Crippen LogP contribution < -0.4 is 0 Å². The molecule has 0 fully saturated rings. The summed E-state index contributed by atoms with van der Waals surface area (Å²) in [6.07, 6.45) is 17.4. The van der Waals surface area contributed by atoms with E-state index in [1.807, 2.05) is 36.4 Å². The van der Waals surface area contributed by atoms with E-state index in [-0.39, 0.29) is 0 Å². The number of rotatable bonds is 4. The maximum Gasteiger partial charge on any atom is 0.164 e. The summed E-state index contributed by atoms with van der Waals surface area (Å²) in [6.45, 7) is 0. The maximum absolute atomic E-state index is 6.67. The first-order valence-electron chi connectivity index (χ1n) is 16.6. The topological polar surface area (TPSA) is 65.0 Å². The van der Waals surface area contributed by atoms with Crippen LogP contribution in [-0.4, -0.2) is 15.0 Å². The van der Waals surface area contributed by atoms with E-state index in [1.54, 1.807) is 0 Å². The predicted octanol–water partition coefficient (Wildman–Crippen LogP) is 11.6. The van der Waals surface area contributed by atoms with Gasteiger partial charge in [-0.1, -0.05) is 97.1 Å². The Labute approximate surface area is 276 Å². The molecule has 0 bridgehead atoms. The normalized spacial score (nSPS) is 14.8. The number of hydrogen-bond acceptors (Lipinski definition) is 5. The van der Waals surface area contributed by atoms with Gasteiger partial charge in [0.25, 0.3) is 0 Å². The van der Waals surface area contributed by atoms with E-state index in [0.29, 0.717) is 17.5 Å². The summed E-state index contributed by atoms with van der Waals surface area (Å²) in [5.41, 5.74) is 8.60. The third kappa shape index (κ3) is 4.28. The molecule has 228 valence electrons. The zero-order valence-corrected chi connectivity index (χ0v) is 26.1. The van der Waals surface area contributed by atoms with Crippen molar-refractivity contribution in [1.29, 1.82) is 0 Å². The van der Waals surface area contributed by atoms with Gasteiger partial charge in [-0.15, -0.1) is 0 Å². The first kappa shape index (κ1) is 27.1. The van der Waals surface area contributed by atoms with Gasteiger partial charge in [-0.2, -0.15) is 0 Å². The van der Waals surface area contributed by atoms with E-state index < -0.39 is 0 Å². The molecule has 0 saturated heterocycles. The first-order valence-corrected chi connectivity index (χ1v) is 16.6. The Hall–Kier alpha value is -6.07. The molecule has 8 aromatic rings. The number of aromatic nitrogens is 3. The third-order valence-electron chi connectivity index (χ3n) is 9.58. The number of benzene rings is 5. The molecule has 0 saturated carbocycles. The number of nitrogens with zero attached hydrogens (tertiary/aromatic N) is 3. The molecule has 0 atom stereocenters. The van der Waals surface area contributed by atoms with Gasteiger partial charge in [0.15, 0.2) is 17.5 Å². The van der Waals surface area contributed by atoms with Gasteiger partial charge in [-0.25, -0.2) is 15.0 Å². The maximum atomic E-state index is 6.67. The van der Waals surface area contributed by atoms with Crippen molar-refractivity contribution in [3.63, 3.8) is 0 Å². The minimum atomic E-state index is 0.602. The van der Waals surface area contributed by atoms with Gasteiger partial charge < -0.3 is 8.83 Å². The zero-order valence-electron chi connectivity index (χ0n) is 26.1. The number of para-hydroxylation sites is 1. The van der Waals surface area contributed by atoms with Gasteiger partial charge in [0.2, 0.25) is 0 Å². The Kier molecular flexibility index (Phi) is 6.06. The Balaban J connectivity index is 1.23. The lowest BCUT2D eigenvalue weighted by Crippen LogP contribution is -2.03. The highest BCUT2D eigenvalue weighted by Gasteiger charge is 2.21. The van der Waals surface area contributed by atoms with Gasteiger partial charge in [-0.3, -0.25) is 0 Å². The lowest BCUT2D eigenvalue weighted by atomic mass is 9.92. The Bertz CT molecular complexity index is 2740. The van der Waals surface area contributed by atoms with Crippen LogP contribution in [0.2, 0.25) is 0 Å². The van der Waals surface area contributed by atoms with E-state index in [2.05, 4.69) is 91.1 Å². The monoisotopic (exact) mass is 619 g/mol. The summed E-state index contributed by atoms with van der Waals surface area (Å²) in [5.74, 6) is 1.87. The van der Waals surface area contributed by atoms with Gasteiger partial charge in [-0.05, 0) is 72.5 Å². The highest BCUT2D eigenvalue weighted by Crippen LogP contribution is 2.42. The molecule has 5 nitrogen and oxygen atoms in total. The second kappa shape index (κ2) is 10.7. The van der Waals surface area contributed by atoms with E-state index in [4.69, 9.17) is 23.8 Å². The van der Waals surface area contributed by atoms with Crippen LogP contribution in [0.4, 0.5) is 0 Å². The van der Waals surface area contributed by atoms with Crippen molar-refractivity contribution >= 4 is 65.8 Å². The fraction of sp³-hybridized carbons (Fsp3) is 0.0930. The van der Waals surface area contributed by atoms with Crippen molar-refractivity contribution < 1.29 is 8.83 Å². The average Bonchev–Trinajstić information content (AvgIpc) is 3.73. The van der Waals surface area contributed by atoms with Crippen LogP contribution in [0.3, 0.4) is 0 Å². The quantitative estimate of drug-likeness (QED) is 0.196. The Morgan fingerprint density at radius 1 is 0.458 bits per heavy atom. The molecule has 5 heteroatoms. The van der Waals surface area contributed by atoms with Gasteiger partial charge >= 0.3 is 0 Å². The van der Waals surface area contributed by atoms with Crippen molar-refractivity contribution in [1.82, 2.24) is 15.0 Å². The summed E-state index contributed by atoms with van der Waals surface area (Å²) < 4.78 is 12.9. The minimum Gasteiger partial charge on any atom is -0.456 e. The van der Waals surface area contributed by atoms with E-state index in [1.165, 1.54) is 16.5 Å². The molecule has 48 heavy (non-hydrogen) atoms. The molecule has 3 aromatic heterocycles. The number of furan rings is 2. The van der Waals surface area contributed by atoms with E-state index >= 15 is 0 Å². The fourth-order valence-electron chi connectivity index (χ4n) is 7.29. The third-order valence-corrected chi connectivity index (χ3v) is 9.58. The molecule has 5 aromatic carbocycles. The summed E-state index contributed by atoms with van der Waals surface area (Å²) in [6, 6.07) is 31.3.